The Labute approximate surface area is 119 Å². The minimum absolute atomic E-state index is 0.0618. The number of anilines is 1. The van der Waals surface area contributed by atoms with Gasteiger partial charge in [-0.15, -0.1) is 0 Å². The van der Waals surface area contributed by atoms with E-state index >= 15 is 0 Å². The average Bonchev–Trinajstić information content (AvgIpc) is 2.37. The highest BCUT2D eigenvalue weighted by molar-refractivity contribution is 5.51. The molecule has 20 heavy (non-hydrogen) atoms. The summed E-state index contributed by atoms with van der Waals surface area (Å²) in [6, 6.07) is 2.62. The fraction of sp³-hybridized carbons (Fsp3) is 0.600. The second-order valence-electron chi connectivity index (χ2n) is 5.10. The van der Waals surface area contributed by atoms with Crippen LogP contribution in [0.25, 0.3) is 0 Å². The molecule has 0 aliphatic carbocycles. The van der Waals surface area contributed by atoms with Crippen molar-refractivity contribution in [1.29, 1.82) is 0 Å². The summed E-state index contributed by atoms with van der Waals surface area (Å²) in [6.07, 6.45) is 0.973. The Balaban J connectivity index is 2.97. The smallest absolute Gasteiger partial charge is 0.149 e. The third kappa shape index (κ3) is 4.42. The molecular weight excluding hydrogens is 262 g/mol. The highest BCUT2D eigenvalue weighted by Crippen LogP contribution is 2.26. The number of halogens is 2. The predicted octanol–water partition coefficient (Wildman–Crippen LogP) is 2.67. The molecule has 1 rings (SSSR count). The number of aliphatic hydroxyl groups is 1. The summed E-state index contributed by atoms with van der Waals surface area (Å²) < 4.78 is 28.3. The van der Waals surface area contributed by atoms with Crippen LogP contribution in [0.1, 0.15) is 32.8 Å². The van der Waals surface area contributed by atoms with Crippen LogP contribution >= 0.6 is 0 Å². The molecule has 0 atom stereocenters. The lowest BCUT2D eigenvalue weighted by molar-refractivity contribution is 0.298. The van der Waals surface area contributed by atoms with Gasteiger partial charge >= 0.3 is 0 Å². The molecule has 1 aromatic rings. The maximum absolute atomic E-state index is 14.2. The third-order valence-corrected chi connectivity index (χ3v) is 3.08. The molecule has 2 N–H and O–H groups in total. The summed E-state index contributed by atoms with van der Waals surface area (Å²) in [7, 11) is 0. The van der Waals surface area contributed by atoms with E-state index in [2.05, 4.69) is 5.32 Å². The molecule has 0 saturated carbocycles. The molecule has 0 amide bonds. The Morgan fingerprint density at radius 3 is 2.30 bits per heavy atom. The quantitative estimate of drug-likeness (QED) is 0.721. The van der Waals surface area contributed by atoms with E-state index in [1.807, 2.05) is 20.8 Å². The number of nitrogens with one attached hydrogen (secondary N) is 1. The van der Waals surface area contributed by atoms with Crippen LogP contribution in [0.5, 0.6) is 0 Å². The van der Waals surface area contributed by atoms with Gasteiger partial charge in [-0.3, -0.25) is 0 Å². The first kappa shape index (κ1) is 16.9. The van der Waals surface area contributed by atoms with E-state index in [1.165, 1.54) is 17.0 Å². The van der Waals surface area contributed by atoms with Crippen molar-refractivity contribution in [1.82, 2.24) is 5.32 Å². The zero-order chi connectivity index (χ0) is 15.1. The van der Waals surface area contributed by atoms with E-state index < -0.39 is 11.6 Å². The number of hydrogen-bond donors (Lipinski definition) is 2. The molecule has 0 bridgehead atoms. The van der Waals surface area contributed by atoms with Crippen molar-refractivity contribution in [3.8, 4) is 0 Å². The minimum Gasteiger partial charge on any atom is -0.395 e. The fourth-order valence-corrected chi connectivity index (χ4v) is 2.14. The minimum atomic E-state index is -0.583. The highest BCUT2D eigenvalue weighted by atomic mass is 19.1. The van der Waals surface area contributed by atoms with Crippen molar-refractivity contribution in [3.05, 3.63) is 29.3 Å². The molecule has 0 radical (unpaired) electrons. The average molecular weight is 286 g/mol. The summed E-state index contributed by atoms with van der Waals surface area (Å²) in [5, 5.41) is 12.1. The number of benzene rings is 1. The molecule has 0 fully saturated rings. The Kier molecular flexibility index (Phi) is 6.88. The third-order valence-electron chi connectivity index (χ3n) is 3.08. The molecule has 0 aliphatic rings. The van der Waals surface area contributed by atoms with E-state index in [0.717, 1.165) is 13.0 Å². The Bertz CT molecular complexity index is 401. The monoisotopic (exact) mass is 286 g/mol. The fourth-order valence-electron chi connectivity index (χ4n) is 2.14. The van der Waals surface area contributed by atoms with Gasteiger partial charge in [0.2, 0.25) is 0 Å². The molecule has 1 aromatic carbocycles. The van der Waals surface area contributed by atoms with Gasteiger partial charge in [-0.2, -0.15) is 0 Å². The maximum Gasteiger partial charge on any atom is 0.149 e. The predicted molar refractivity (Wildman–Crippen MR) is 77.9 cm³/mol. The largest absolute Gasteiger partial charge is 0.395 e. The van der Waals surface area contributed by atoms with Gasteiger partial charge in [0.15, 0.2) is 0 Å². The van der Waals surface area contributed by atoms with E-state index in [1.54, 1.807) is 0 Å². The SMILES string of the molecule is CCCNCc1cc(F)c(N(CCO)C(C)C)c(F)c1. The van der Waals surface area contributed by atoms with Crippen LogP contribution in [0.3, 0.4) is 0 Å². The first-order valence-electron chi connectivity index (χ1n) is 7.07. The Morgan fingerprint density at radius 1 is 1.25 bits per heavy atom. The topological polar surface area (TPSA) is 35.5 Å². The van der Waals surface area contributed by atoms with Crippen LogP contribution in [-0.2, 0) is 6.54 Å². The van der Waals surface area contributed by atoms with Gasteiger partial charge in [0.05, 0.1) is 6.61 Å². The van der Waals surface area contributed by atoms with E-state index in [9.17, 15) is 8.78 Å². The standard InChI is InChI=1S/C15H24F2N2O/c1-4-5-18-10-12-8-13(16)15(14(17)9-12)19(6-7-20)11(2)3/h8-9,11,18,20H,4-7,10H2,1-3H3. The lowest BCUT2D eigenvalue weighted by Gasteiger charge is -2.29. The second-order valence-corrected chi connectivity index (χ2v) is 5.10. The van der Waals surface area contributed by atoms with Gasteiger partial charge in [-0.05, 0) is 44.5 Å². The van der Waals surface area contributed by atoms with Crippen molar-refractivity contribution in [3.63, 3.8) is 0 Å². The van der Waals surface area contributed by atoms with Crippen LogP contribution in [0.2, 0.25) is 0 Å². The zero-order valence-corrected chi connectivity index (χ0v) is 12.4. The van der Waals surface area contributed by atoms with Gasteiger partial charge in [-0.25, -0.2) is 8.78 Å². The molecular formula is C15H24F2N2O. The van der Waals surface area contributed by atoms with Crippen molar-refractivity contribution in [2.75, 3.05) is 24.6 Å². The zero-order valence-electron chi connectivity index (χ0n) is 12.4. The lowest BCUT2D eigenvalue weighted by atomic mass is 10.1. The second kappa shape index (κ2) is 8.17. The molecule has 3 nitrogen and oxygen atoms in total. The van der Waals surface area contributed by atoms with Crippen molar-refractivity contribution in [2.45, 2.75) is 39.8 Å². The number of rotatable bonds is 8. The van der Waals surface area contributed by atoms with Crippen LogP contribution < -0.4 is 10.2 Å². The first-order chi connectivity index (χ1) is 9.51. The number of hydrogen-bond acceptors (Lipinski definition) is 3. The van der Waals surface area contributed by atoms with E-state index in [-0.39, 0.29) is 24.9 Å². The van der Waals surface area contributed by atoms with Crippen LogP contribution in [0.15, 0.2) is 12.1 Å². The van der Waals surface area contributed by atoms with Gasteiger partial charge in [0.1, 0.15) is 17.3 Å². The van der Waals surface area contributed by atoms with Crippen molar-refractivity contribution in [2.24, 2.45) is 0 Å². The van der Waals surface area contributed by atoms with Crippen LogP contribution in [0, 0.1) is 11.6 Å². The molecule has 0 saturated heterocycles. The van der Waals surface area contributed by atoms with Crippen LogP contribution in [0.4, 0.5) is 14.5 Å². The first-order valence-corrected chi connectivity index (χ1v) is 7.07. The number of aliphatic hydroxyl groups excluding tert-OH is 1. The molecule has 0 aromatic heterocycles. The molecule has 0 unspecified atom stereocenters. The van der Waals surface area contributed by atoms with Crippen molar-refractivity contribution < 1.29 is 13.9 Å². The Hall–Kier alpha value is -1.20. The van der Waals surface area contributed by atoms with Gasteiger partial charge in [-0.1, -0.05) is 6.92 Å². The maximum atomic E-state index is 14.2. The summed E-state index contributed by atoms with van der Waals surface area (Å²) in [5.74, 6) is -1.17. The van der Waals surface area contributed by atoms with E-state index in [4.69, 9.17) is 5.11 Å². The van der Waals surface area contributed by atoms with Gasteiger partial charge in [0, 0.05) is 19.1 Å². The summed E-state index contributed by atoms with van der Waals surface area (Å²) in [4.78, 5) is 1.54. The summed E-state index contributed by atoms with van der Waals surface area (Å²) in [6.45, 7) is 7.04. The molecule has 0 spiro atoms. The van der Waals surface area contributed by atoms with E-state index in [0.29, 0.717) is 12.1 Å². The normalized spacial score (nSPS) is 11.2. The van der Waals surface area contributed by atoms with Gasteiger partial charge in [0.25, 0.3) is 0 Å². The van der Waals surface area contributed by atoms with Crippen LogP contribution in [-0.4, -0.2) is 30.8 Å². The Morgan fingerprint density at radius 2 is 1.85 bits per heavy atom. The lowest BCUT2D eigenvalue weighted by Crippen LogP contribution is -2.35. The number of nitrogens with zero attached hydrogens (tertiary/aromatic N) is 1. The van der Waals surface area contributed by atoms with Crippen molar-refractivity contribution >= 4 is 5.69 Å². The molecule has 0 aliphatic heterocycles. The van der Waals surface area contributed by atoms with Gasteiger partial charge < -0.3 is 15.3 Å². The summed E-state index contributed by atoms with van der Waals surface area (Å²) in [5.41, 5.74) is 0.526. The summed E-state index contributed by atoms with van der Waals surface area (Å²) >= 11 is 0. The molecule has 0 heterocycles. The molecule has 114 valence electrons. The molecule has 5 heteroatoms. The highest BCUT2D eigenvalue weighted by Gasteiger charge is 2.20.